The molecule has 0 aliphatic carbocycles. The Labute approximate surface area is 152 Å². The smallest absolute Gasteiger partial charge is 0.289 e. The van der Waals surface area contributed by atoms with Gasteiger partial charge in [-0.25, -0.2) is 0 Å². The van der Waals surface area contributed by atoms with Crippen LogP contribution in [0.4, 0.5) is 0 Å². The van der Waals surface area contributed by atoms with Gasteiger partial charge in [-0.05, 0) is 42.3 Å². The Hall–Kier alpha value is -2.46. The van der Waals surface area contributed by atoms with Gasteiger partial charge in [-0.2, -0.15) is 0 Å². The minimum atomic E-state index is -0.0858. The average Bonchev–Trinajstić information content (AvgIpc) is 3.28. The van der Waals surface area contributed by atoms with Gasteiger partial charge in [-0.3, -0.25) is 4.79 Å². The molecule has 3 aromatic rings. The summed E-state index contributed by atoms with van der Waals surface area (Å²) in [6.45, 7) is 3.95. The first-order valence-corrected chi connectivity index (χ1v) is 8.77. The van der Waals surface area contributed by atoms with Crippen molar-refractivity contribution >= 4 is 17.5 Å². The van der Waals surface area contributed by atoms with Crippen molar-refractivity contribution < 1.29 is 9.21 Å². The van der Waals surface area contributed by atoms with Crippen molar-refractivity contribution in [1.29, 1.82) is 0 Å². The molecule has 0 saturated carbocycles. The zero-order valence-corrected chi connectivity index (χ0v) is 14.9. The molecule has 0 spiro atoms. The Kier molecular flexibility index (Phi) is 5.61. The summed E-state index contributed by atoms with van der Waals surface area (Å²) in [6, 6.07) is 15.3. The highest BCUT2D eigenvalue weighted by molar-refractivity contribution is 6.31. The third-order valence-corrected chi connectivity index (χ3v) is 4.46. The molecule has 1 aromatic carbocycles. The van der Waals surface area contributed by atoms with Crippen molar-refractivity contribution in [2.24, 2.45) is 0 Å². The summed E-state index contributed by atoms with van der Waals surface area (Å²) in [6.07, 6.45) is 4.43. The van der Waals surface area contributed by atoms with Crippen LogP contribution in [-0.4, -0.2) is 21.9 Å². The molecule has 5 heteroatoms. The van der Waals surface area contributed by atoms with Gasteiger partial charge in [0.25, 0.3) is 5.91 Å². The zero-order valence-electron chi connectivity index (χ0n) is 14.2. The van der Waals surface area contributed by atoms with Crippen molar-refractivity contribution in [2.45, 2.75) is 26.4 Å². The molecule has 25 heavy (non-hydrogen) atoms. The normalized spacial score (nSPS) is 10.8. The van der Waals surface area contributed by atoms with Gasteiger partial charge in [-0.1, -0.05) is 36.7 Å². The number of carbonyl (C=O) groups excluding carboxylic acids is 1. The van der Waals surface area contributed by atoms with E-state index in [9.17, 15) is 4.79 Å². The van der Waals surface area contributed by atoms with Crippen LogP contribution in [0.2, 0.25) is 5.02 Å². The van der Waals surface area contributed by atoms with Crippen molar-refractivity contribution in [3.8, 4) is 0 Å². The lowest BCUT2D eigenvalue weighted by Gasteiger charge is -2.22. The van der Waals surface area contributed by atoms with Crippen molar-refractivity contribution in [3.63, 3.8) is 0 Å². The highest BCUT2D eigenvalue weighted by Gasteiger charge is 2.19. The Morgan fingerprint density at radius 2 is 2.00 bits per heavy atom. The van der Waals surface area contributed by atoms with Crippen LogP contribution in [0.1, 0.15) is 35.2 Å². The van der Waals surface area contributed by atoms with E-state index in [2.05, 4.69) is 11.5 Å². The number of hydrogen-bond acceptors (Lipinski definition) is 2. The van der Waals surface area contributed by atoms with E-state index < -0.39 is 0 Å². The third kappa shape index (κ3) is 4.15. The minimum Gasteiger partial charge on any atom is -0.459 e. The maximum absolute atomic E-state index is 12.6. The number of benzene rings is 1. The number of nitrogens with zero attached hydrogens (tertiary/aromatic N) is 2. The van der Waals surface area contributed by atoms with Gasteiger partial charge in [0.2, 0.25) is 0 Å². The number of carbonyl (C=O) groups is 1. The number of amides is 1. The van der Waals surface area contributed by atoms with Crippen molar-refractivity contribution in [2.75, 3.05) is 6.54 Å². The van der Waals surface area contributed by atoms with Gasteiger partial charge in [-0.15, -0.1) is 0 Å². The average molecular weight is 357 g/mol. The molecule has 0 unspecified atom stereocenters. The molecule has 0 bridgehead atoms. The molecule has 0 aliphatic rings. The predicted molar refractivity (Wildman–Crippen MR) is 98.7 cm³/mol. The maximum Gasteiger partial charge on any atom is 0.289 e. The van der Waals surface area contributed by atoms with Crippen molar-refractivity contribution in [3.05, 3.63) is 83.0 Å². The monoisotopic (exact) mass is 356 g/mol. The second-order valence-corrected chi connectivity index (χ2v) is 6.33. The van der Waals surface area contributed by atoms with E-state index in [4.69, 9.17) is 16.0 Å². The Bertz CT molecular complexity index is 824. The Balaban J connectivity index is 1.78. The summed E-state index contributed by atoms with van der Waals surface area (Å²) >= 11 is 6.28. The van der Waals surface area contributed by atoms with E-state index in [1.165, 1.54) is 6.26 Å². The van der Waals surface area contributed by atoms with Crippen molar-refractivity contribution in [1.82, 2.24) is 9.47 Å². The largest absolute Gasteiger partial charge is 0.459 e. The minimum absolute atomic E-state index is 0.0858. The summed E-state index contributed by atoms with van der Waals surface area (Å²) < 4.78 is 7.39. The van der Waals surface area contributed by atoms with E-state index in [0.717, 1.165) is 22.7 Å². The van der Waals surface area contributed by atoms with E-state index in [1.54, 1.807) is 12.1 Å². The number of hydrogen-bond donors (Lipinski definition) is 0. The topological polar surface area (TPSA) is 38.4 Å². The van der Waals surface area contributed by atoms with Gasteiger partial charge >= 0.3 is 0 Å². The highest BCUT2D eigenvalue weighted by atomic mass is 35.5. The summed E-state index contributed by atoms with van der Waals surface area (Å²) in [4.78, 5) is 14.5. The van der Waals surface area contributed by atoms with Gasteiger partial charge < -0.3 is 13.9 Å². The molecule has 2 heterocycles. The fraction of sp³-hybridized carbons (Fsp3) is 0.250. The van der Waals surface area contributed by atoms with Crippen LogP contribution in [0.3, 0.4) is 0 Å². The number of furan rings is 1. The lowest BCUT2D eigenvalue weighted by atomic mass is 10.2. The van der Waals surface area contributed by atoms with Crippen LogP contribution in [0.5, 0.6) is 0 Å². The molecule has 3 rings (SSSR count). The molecule has 0 fully saturated rings. The van der Waals surface area contributed by atoms with Crippen LogP contribution in [-0.2, 0) is 13.1 Å². The fourth-order valence-corrected chi connectivity index (χ4v) is 3.03. The Morgan fingerprint density at radius 3 is 2.72 bits per heavy atom. The molecule has 2 aromatic heterocycles. The molecule has 0 saturated heterocycles. The molecule has 130 valence electrons. The van der Waals surface area contributed by atoms with E-state index >= 15 is 0 Å². The SMILES string of the molecule is CCCN(Cc1cccn1Cc1ccccc1Cl)C(=O)c1ccco1. The van der Waals surface area contributed by atoms with E-state index in [1.807, 2.05) is 47.5 Å². The molecule has 1 amide bonds. The van der Waals surface area contributed by atoms with E-state index in [0.29, 0.717) is 25.4 Å². The lowest BCUT2D eigenvalue weighted by molar-refractivity contribution is 0.0707. The zero-order chi connectivity index (χ0) is 17.6. The van der Waals surface area contributed by atoms with Gasteiger partial charge in [0.1, 0.15) is 0 Å². The highest BCUT2D eigenvalue weighted by Crippen LogP contribution is 2.19. The fourth-order valence-electron chi connectivity index (χ4n) is 2.83. The van der Waals surface area contributed by atoms with Gasteiger partial charge in [0, 0.05) is 30.0 Å². The molecule has 0 N–H and O–H groups in total. The van der Waals surface area contributed by atoms with Crippen LogP contribution in [0.25, 0.3) is 0 Å². The summed E-state index contributed by atoms with van der Waals surface area (Å²) in [5.74, 6) is 0.287. The molecular formula is C20H21ClN2O2. The second-order valence-electron chi connectivity index (χ2n) is 5.92. The first-order chi connectivity index (χ1) is 12.2. The van der Waals surface area contributed by atoms with Crippen LogP contribution in [0.15, 0.2) is 65.4 Å². The Morgan fingerprint density at radius 1 is 1.16 bits per heavy atom. The summed E-state index contributed by atoms with van der Waals surface area (Å²) in [5, 5.41) is 0.749. The van der Waals surface area contributed by atoms with Crippen LogP contribution >= 0.6 is 11.6 Å². The van der Waals surface area contributed by atoms with Gasteiger partial charge in [0.15, 0.2) is 5.76 Å². The number of halogens is 1. The lowest BCUT2D eigenvalue weighted by Crippen LogP contribution is -2.32. The molecular weight excluding hydrogens is 336 g/mol. The first kappa shape index (κ1) is 17.4. The summed E-state index contributed by atoms with van der Waals surface area (Å²) in [7, 11) is 0. The third-order valence-electron chi connectivity index (χ3n) is 4.09. The first-order valence-electron chi connectivity index (χ1n) is 8.39. The van der Waals surface area contributed by atoms with Crippen LogP contribution < -0.4 is 0 Å². The molecule has 0 aliphatic heterocycles. The summed E-state index contributed by atoms with van der Waals surface area (Å²) in [5.41, 5.74) is 2.12. The second kappa shape index (κ2) is 8.08. The van der Waals surface area contributed by atoms with E-state index in [-0.39, 0.29) is 5.91 Å². The maximum atomic E-state index is 12.6. The standard InChI is InChI=1S/C20H21ClN2O2/c1-2-11-23(20(24)19-10-6-13-25-19)15-17-8-5-12-22(17)14-16-7-3-4-9-18(16)21/h3-10,12-13H,2,11,14-15H2,1H3. The molecule has 0 radical (unpaired) electrons. The predicted octanol–water partition coefficient (Wildman–Crippen LogP) is 4.84. The van der Waals surface area contributed by atoms with Gasteiger partial charge in [0.05, 0.1) is 12.8 Å². The van der Waals surface area contributed by atoms with Crippen LogP contribution in [0, 0.1) is 0 Å². The quantitative estimate of drug-likeness (QED) is 0.607. The number of aromatic nitrogens is 1. The molecule has 4 nitrogen and oxygen atoms in total. The number of rotatable bonds is 7. The molecule has 0 atom stereocenters.